The minimum absolute atomic E-state index is 0.248. The molecule has 2 rings (SSSR count). The standard InChI is InChI=1S/C18H22N2O4/c1-12-16(22-2)10-13(11-17(12)23-3)18(21)20-14-4-6-15(7-5-14)24-9-8-19/h4-7,10-11H,8-9,19H2,1-3H3,(H,20,21). The topological polar surface area (TPSA) is 82.8 Å². The van der Waals surface area contributed by atoms with Crippen LogP contribution in [0.1, 0.15) is 15.9 Å². The van der Waals surface area contributed by atoms with Crippen LogP contribution in [0.2, 0.25) is 0 Å². The Balaban J connectivity index is 2.14. The van der Waals surface area contributed by atoms with Crippen LogP contribution in [0.15, 0.2) is 36.4 Å². The van der Waals surface area contributed by atoms with Gasteiger partial charge in [-0.2, -0.15) is 0 Å². The van der Waals surface area contributed by atoms with E-state index in [4.69, 9.17) is 19.9 Å². The van der Waals surface area contributed by atoms with E-state index in [0.29, 0.717) is 41.7 Å². The second kappa shape index (κ2) is 8.21. The Kier molecular flexibility index (Phi) is 6.03. The SMILES string of the molecule is COc1cc(C(=O)Nc2ccc(OCCN)cc2)cc(OC)c1C. The fourth-order valence-corrected chi connectivity index (χ4v) is 2.23. The van der Waals surface area contributed by atoms with Crippen molar-refractivity contribution >= 4 is 11.6 Å². The van der Waals surface area contributed by atoms with E-state index in [-0.39, 0.29) is 5.91 Å². The highest BCUT2D eigenvalue weighted by Crippen LogP contribution is 2.29. The summed E-state index contributed by atoms with van der Waals surface area (Å²) in [6.45, 7) is 2.78. The molecule has 0 aliphatic rings. The summed E-state index contributed by atoms with van der Waals surface area (Å²) in [5.74, 6) is 1.66. The maximum Gasteiger partial charge on any atom is 0.255 e. The summed E-state index contributed by atoms with van der Waals surface area (Å²) in [7, 11) is 3.12. The van der Waals surface area contributed by atoms with Gasteiger partial charge in [0.25, 0.3) is 5.91 Å². The summed E-state index contributed by atoms with van der Waals surface area (Å²) in [6.07, 6.45) is 0. The predicted octanol–water partition coefficient (Wildman–Crippen LogP) is 2.60. The number of amides is 1. The molecule has 0 bridgehead atoms. The van der Waals surface area contributed by atoms with E-state index < -0.39 is 0 Å². The van der Waals surface area contributed by atoms with Gasteiger partial charge in [0, 0.05) is 23.4 Å². The Hall–Kier alpha value is -2.73. The lowest BCUT2D eigenvalue weighted by atomic mass is 10.1. The molecular formula is C18H22N2O4. The lowest BCUT2D eigenvalue weighted by Crippen LogP contribution is -2.13. The lowest BCUT2D eigenvalue weighted by Gasteiger charge is -2.13. The molecule has 0 aromatic heterocycles. The molecule has 0 saturated heterocycles. The number of hydrogen-bond acceptors (Lipinski definition) is 5. The summed E-state index contributed by atoms with van der Waals surface area (Å²) in [5.41, 5.74) is 7.36. The Morgan fingerprint density at radius 1 is 1.08 bits per heavy atom. The van der Waals surface area contributed by atoms with Gasteiger partial charge in [0.1, 0.15) is 23.9 Å². The minimum Gasteiger partial charge on any atom is -0.496 e. The molecule has 0 fully saturated rings. The summed E-state index contributed by atoms with van der Waals surface area (Å²) >= 11 is 0. The van der Waals surface area contributed by atoms with Gasteiger partial charge in [-0.25, -0.2) is 0 Å². The van der Waals surface area contributed by atoms with Crippen LogP contribution in [0.5, 0.6) is 17.2 Å². The first-order chi connectivity index (χ1) is 11.6. The van der Waals surface area contributed by atoms with E-state index in [9.17, 15) is 4.79 Å². The Morgan fingerprint density at radius 2 is 1.67 bits per heavy atom. The van der Waals surface area contributed by atoms with Crippen molar-refractivity contribution in [3.63, 3.8) is 0 Å². The van der Waals surface area contributed by atoms with Gasteiger partial charge in [-0.3, -0.25) is 4.79 Å². The van der Waals surface area contributed by atoms with Crippen LogP contribution in [0, 0.1) is 6.92 Å². The molecule has 128 valence electrons. The molecule has 0 saturated carbocycles. The average Bonchev–Trinajstić information content (AvgIpc) is 2.61. The van der Waals surface area contributed by atoms with E-state index in [1.807, 2.05) is 6.92 Å². The normalized spacial score (nSPS) is 10.2. The third-order valence-corrected chi connectivity index (χ3v) is 3.51. The zero-order valence-corrected chi connectivity index (χ0v) is 14.1. The van der Waals surface area contributed by atoms with E-state index >= 15 is 0 Å². The third kappa shape index (κ3) is 4.17. The zero-order valence-electron chi connectivity index (χ0n) is 14.1. The number of methoxy groups -OCH3 is 2. The molecule has 6 nitrogen and oxygen atoms in total. The molecule has 0 aliphatic heterocycles. The first kappa shape index (κ1) is 17.6. The Bertz CT molecular complexity index is 674. The van der Waals surface area contributed by atoms with Crippen LogP contribution in [-0.2, 0) is 0 Å². The second-order valence-electron chi connectivity index (χ2n) is 5.12. The van der Waals surface area contributed by atoms with Gasteiger partial charge >= 0.3 is 0 Å². The highest BCUT2D eigenvalue weighted by Gasteiger charge is 2.13. The maximum atomic E-state index is 12.4. The first-order valence-corrected chi connectivity index (χ1v) is 7.56. The van der Waals surface area contributed by atoms with Crippen LogP contribution in [0.4, 0.5) is 5.69 Å². The van der Waals surface area contributed by atoms with Crippen molar-refractivity contribution in [3.8, 4) is 17.2 Å². The van der Waals surface area contributed by atoms with Gasteiger partial charge in [0.15, 0.2) is 0 Å². The number of nitrogens with one attached hydrogen (secondary N) is 1. The molecule has 0 heterocycles. The van der Waals surface area contributed by atoms with E-state index in [1.54, 1.807) is 50.6 Å². The van der Waals surface area contributed by atoms with Crippen LogP contribution in [0.3, 0.4) is 0 Å². The number of nitrogens with two attached hydrogens (primary N) is 1. The molecule has 0 spiro atoms. The van der Waals surface area contributed by atoms with Gasteiger partial charge in [-0.05, 0) is 43.3 Å². The van der Waals surface area contributed by atoms with Crippen molar-refractivity contribution in [2.45, 2.75) is 6.92 Å². The van der Waals surface area contributed by atoms with Gasteiger partial charge in [0.2, 0.25) is 0 Å². The molecule has 0 aliphatic carbocycles. The van der Waals surface area contributed by atoms with Crippen LogP contribution < -0.4 is 25.3 Å². The molecule has 6 heteroatoms. The number of ether oxygens (including phenoxy) is 3. The molecule has 24 heavy (non-hydrogen) atoms. The van der Waals surface area contributed by atoms with Gasteiger partial charge < -0.3 is 25.3 Å². The summed E-state index contributed by atoms with van der Waals surface area (Å²) in [6, 6.07) is 10.5. The van der Waals surface area contributed by atoms with Crippen LogP contribution in [-0.4, -0.2) is 33.3 Å². The van der Waals surface area contributed by atoms with Crippen molar-refractivity contribution in [1.29, 1.82) is 0 Å². The second-order valence-corrected chi connectivity index (χ2v) is 5.12. The van der Waals surface area contributed by atoms with Crippen molar-refractivity contribution < 1.29 is 19.0 Å². The fraction of sp³-hybridized carbons (Fsp3) is 0.278. The van der Waals surface area contributed by atoms with E-state index in [2.05, 4.69) is 5.32 Å². The summed E-state index contributed by atoms with van der Waals surface area (Å²) < 4.78 is 16.0. The molecular weight excluding hydrogens is 308 g/mol. The Morgan fingerprint density at radius 3 is 2.17 bits per heavy atom. The minimum atomic E-state index is -0.248. The van der Waals surface area contributed by atoms with E-state index in [0.717, 1.165) is 5.56 Å². The van der Waals surface area contributed by atoms with Crippen LogP contribution in [0.25, 0.3) is 0 Å². The van der Waals surface area contributed by atoms with Crippen molar-refractivity contribution in [1.82, 2.24) is 0 Å². The van der Waals surface area contributed by atoms with Crippen LogP contribution >= 0.6 is 0 Å². The van der Waals surface area contributed by atoms with Gasteiger partial charge in [-0.15, -0.1) is 0 Å². The highest BCUT2D eigenvalue weighted by atomic mass is 16.5. The first-order valence-electron chi connectivity index (χ1n) is 7.56. The van der Waals surface area contributed by atoms with E-state index in [1.165, 1.54) is 0 Å². The van der Waals surface area contributed by atoms with Gasteiger partial charge in [-0.1, -0.05) is 0 Å². The number of benzene rings is 2. The van der Waals surface area contributed by atoms with Crippen molar-refractivity contribution in [2.75, 3.05) is 32.7 Å². The number of carbonyl (C=O) groups excluding carboxylic acids is 1. The monoisotopic (exact) mass is 330 g/mol. The predicted molar refractivity (Wildman–Crippen MR) is 93.2 cm³/mol. The number of carbonyl (C=O) groups is 1. The van der Waals surface area contributed by atoms with Crippen molar-refractivity contribution in [3.05, 3.63) is 47.5 Å². The van der Waals surface area contributed by atoms with Crippen molar-refractivity contribution in [2.24, 2.45) is 5.73 Å². The molecule has 0 unspecified atom stereocenters. The molecule has 0 radical (unpaired) electrons. The fourth-order valence-electron chi connectivity index (χ4n) is 2.23. The largest absolute Gasteiger partial charge is 0.496 e. The quantitative estimate of drug-likeness (QED) is 0.815. The molecule has 2 aromatic carbocycles. The summed E-state index contributed by atoms with van der Waals surface area (Å²) in [4.78, 5) is 12.4. The molecule has 3 N–H and O–H groups in total. The highest BCUT2D eigenvalue weighted by molar-refractivity contribution is 6.05. The maximum absolute atomic E-state index is 12.4. The molecule has 0 atom stereocenters. The Labute approximate surface area is 141 Å². The third-order valence-electron chi connectivity index (χ3n) is 3.51. The molecule has 2 aromatic rings. The smallest absolute Gasteiger partial charge is 0.255 e. The average molecular weight is 330 g/mol. The number of hydrogen-bond donors (Lipinski definition) is 2. The molecule has 1 amide bonds. The zero-order chi connectivity index (χ0) is 17.5. The number of rotatable bonds is 7. The summed E-state index contributed by atoms with van der Waals surface area (Å²) in [5, 5.41) is 2.83. The number of anilines is 1. The van der Waals surface area contributed by atoms with Gasteiger partial charge in [0.05, 0.1) is 14.2 Å². The lowest BCUT2D eigenvalue weighted by molar-refractivity contribution is 0.102.